The van der Waals surface area contributed by atoms with Gasteiger partial charge in [-0.15, -0.1) is 22.7 Å². The van der Waals surface area contributed by atoms with Crippen molar-refractivity contribution in [3.8, 4) is 21.9 Å². The van der Waals surface area contributed by atoms with Gasteiger partial charge >= 0.3 is 0 Å². The molecule has 136 valence electrons. The molecule has 26 heavy (non-hydrogen) atoms. The predicted molar refractivity (Wildman–Crippen MR) is 108 cm³/mol. The maximum Gasteiger partial charge on any atom is 0.165 e. The summed E-state index contributed by atoms with van der Waals surface area (Å²) in [6.07, 6.45) is 0.867. The molecule has 1 aromatic carbocycles. The first-order valence-corrected chi connectivity index (χ1v) is 10.5. The average molecular weight is 387 g/mol. The van der Waals surface area contributed by atoms with Crippen LogP contribution in [0.4, 0.5) is 0 Å². The quantitative estimate of drug-likeness (QED) is 0.696. The van der Waals surface area contributed by atoms with Gasteiger partial charge in [-0.2, -0.15) is 0 Å². The van der Waals surface area contributed by atoms with Gasteiger partial charge in [-0.1, -0.05) is 0 Å². The van der Waals surface area contributed by atoms with Crippen LogP contribution >= 0.6 is 22.7 Å². The van der Waals surface area contributed by atoms with Gasteiger partial charge < -0.3 is 14.8 Å². The lowest BCUT2D eigenvalue weighted by molar-refractivity contribution is 0.275. The highest BCUT2D eigenvalue weighted by Crippen LogP contribution is 2.39. The van der Waals surface area contributed by atoms with Gasteiger partial charge in [0.1, 0.15) is 6.61 Å². The lowest BCUT2D eigenvalue weighted by Crippen LogP contribution is -2.16. The Labute approximate surface area is 161 Å². The largest absolute Gasteiger partial charge is 0.489 e. The summed E-state index contributed by atoms with van der Waals surface area (Å²) in [6, 6.07) is 8.68. The molecule has 0 spiro atoms. The van der Waals surface area contributed by atoms with Gasteiger partial charge in [0, 0.05) is 39.7 Å². The standard InChI is InChI=1S/C20H22N2O2S2/c1-13-3-4-19(26-13)15-9-16-11-21-6-8-24-20(16)17(10-15)23-7-5-18-14(2)22-12-25-18/h3-4,9-10,12,21H,5-8,11H2,1-2H3. The van der Waals surface area contributed by atoms with Crippen LogP contribution in [0.25, 0.3) is 10.4 Å². The fourth-order valence-electron chi connectivity index (χ4n) is 3.06. The Morgan fingerprint density at radius 1 is 1.27 bits per heavy atom. The van der Waals surface area contributed by atoms with E-state index in [1.165, 1.54) is 20.2 Å². The molecular weight excluding hydrogens is 364 g/mol. The number of hydrogen-bond acceptors (Lipinski definition) is 6. The maximum atomic E-state index is 6.19. The van der Waals surface area contributed by atoms with Crippen LogP contribution in [0.1, 0.15) is 21.0 Å². The van der Waals surface area contributed by atoms with E-state index in [9.17, 15) is 0 Å². The Balaban J connectivity index is 1.61. The summed E-state index contributed by atoms with van der Waals surface area (Å²) in [5.74, 6) is 1.72. The molecule has 4 nitrogen and oxygen atoms in total. The minimum absolute atomic E-state index is 0.624. The molecular formula is C20H22N2O2S2. The lowest BCUT2D eigenvalue weighted by atomic mass is 10.1. The van der Waals surface area contributed by atoms with Gasteiger partial charge in [-0.05, 0) is 43.7 Å². The molecule has 0 bridgehead atoms. The number of benzene rings is 1. The van der Waals surface area contributed by atoms with Gasteiger partial charge in [0.25, 0.3) is 0 Å². The number of nitrogens with one attached hydrogen (secondary N) is 1. The SMILES string of the molecule is Cc1ccc(-c2cc3c(c(OCCc4scnc4C)c2)OCCNC3)s1. The Morgan fingerprint density at radius 2 is 2.19 bits per heavy atom. The van der Waals surface area contributed by atoms with Crippen molar-refractivity contribution in [3.63, 3.8) is 0 Å². The van der Waals surface area contributed by atoms with Crippen LogP contribution in [-0.4, -0.2) is 24.7 Å². The monoisotopic (exact) mass is 386 g/mol. The van der Waals surface area contributed by atoms with E-state index < -0.39 is 0 Å². The van der Waals surface area contributed by atoms with Gasteiger partial charge in [0.2, 0.25) is 0 Å². The van der Waals surface area contributed by atoms with Crippen molar-refractivity contribution in [1.82, 2.24) is 10.3 Å². The minimum Gasteiger partial charge on any atom is -0.489 e. The van der Waals surface area contributed by atoms with Gasteiger partial charge in [0.15, 0.2) is 11.5 Å². The van der Waals surface area contributed by atoms with Gasteiger partial charge in [0.05, 0.1) is 17.8 Å². The van der Waals surface area contributed by atoms with E-state index >= 15 is 0 Å². The topological polar surface area (TPSA) is 43.4 Å². The van der Waals surface area contributed by atoms with Crippen molar-refractivity contribution in [2.45, 2.75) is 26.8 Å². The smallest absolute Gasteiger partial charge is 0.165 e. The molecule has 0 saturated heterocycles. The number of fused-ring (bicyclic) bond motifs is 1. The van der Waals surface area contributed by atoms with Crippen LogP contribution in [0.2, 0.25) is 0 Å². The van der Waals surface area contributed by atoms with E-state index in [1.54, 1.807) is 22.7 Å². The highest BCUT2D eigenvalue weighted by Gasteiger charge is 2.18. The molecule has 3 heterocycles. The second-order valence-electron chi connectivity index (χ2n) is 6.36. The Bertz CT molecular complexity index is 901. The predicted octanol–water partition coefficient (Wildman–Crippen LogP) is 4.59. The molecule has 0 amide bonds. The lowest BCUT2D eigenvalue weighted by Gasteiger charge is -2.15. The number of thiophene rings is 1. The summed E-state index contributed by atoms with van der Waals surface area (Å²) in [4.78, 5) is 8.17. The van der Waals surface area contributed by atoms with Crippen LogP contribution in [0.3, 0.4) is 0 Å². The molecule has 1 aliphatic heterocycles. The van der Waals surface area contributed by atoms with Crippen molar-refractivity contribution >= 4 is 22.7 Å². The van der Waals surface area contributed by atoms with E-state index in [1.807, 2.05) is 12.4 Å². The normalized spacial score (nSPS) is 13.8. The zero-order valence-corrected chi connectivity index (χ0v) is 16.6. The van der Waals surface area contributed by atoms with E-state index in [0.29, 0.717) is 13.2 Å². The summed E-state index contributed by atoms with van der Waals surface area (Å²) >= 11 is 3.49. The molecule has 1 N–H and O–H groups in total. The number of hydrogen-bond donors (Lipinski definition) is 1. The van der Waals surface area contributed by atoms with E-state index in [-0.39, 0.29) is 0 Å². The summed E-state index contributed by atoms with van der Waals surface area (Å²) < 4.78 is 12.2. The first kappa shape index (κ1) is 17.5. The van der Waals surface area contributed by atoms with Gasteiger partial charge in [-0.25, -0.2) is 4.98 Å². The molecule has 1 aliphatic rings. The molecule has 0 radical (unpaired) electrons. The maximum absolute atomic E-state index is 6.19. The van der Waals surface area contributed by atoms with E-state index in [0.717, 1.165) is 42.3 Å². The number of rotatable bonds is 5. The third kappa shape index (κ3) is 3.77. The van der Waals surface area contributed by atoms with Crippen molar-refractivity contribution in [3.05, 3.63) is 50.8 Å². The number of aryl methyl sites for hydroxylation is 2. The zero-order chi connectivity index (χ0) is 17.9. The van der Waals surface area contributed by atoms with Crippen LogP contribution in [0, 0.1) is 13.8 Å². The Kier molecular flexibility index (Phi) is 5.24. The number of thiazole rings is 1. The number of nitrogens with zero attached hydrogens (tertiary/aromatic N) is 1. The molecule has 0 saturated carbocycles. The third-order valence-electron chi connectivity index (χ3n) is 4.43. The van der Waals surface area contributed by atoms with Crippen LogP contribution in [-0.2, 0) is 13.0 Å². The molecule has 4 rings (SSSR count). The first-order valence-electron chi connectivity index (χ1n) is 8.80. The Hall–Kier alpha value is -1.89. The summed E-state index contributed by atoms with van der Waals surface area (Å²) in [5.41, 5.74) is 5.35. The van der Waals surface area contributed by atoms with E-state index in [2.05, 4.69) is 41.5 Å². The molecule has 0 atom stereocenters. The first-order chi connectivity index (χ1) is 12.7. The third-order valence-corrected chi connectivity index (χ3v) is 6.47. The highest BCUT2D eigenvalue weighted by molar-refractivity contribution is 7.15. The van der Waals surface area contributed by atoms with Crippen LogP contribution in [0.5, 0.6) is 11.5 Å². The molecule has 0 aliphatic carbocycles. The average Bonchev–Trinajstić information content (AvgIpc) is 3.16. The summed E-state index contributed by atoms with van der Waals surface area (Å²) in [6.45, 7) is 7.12. The van der Waals surface area contributed by atoms with Crippen molar-refractivity contribution in [2.24, 2.45) is 0 Å². The van der Waals surface area contributed by atoms with Crippen molar-refractivity contribution in [1.29, 1.82) is 0 Å². The fourth-order valence-corrected chi connectivity index (χ4v) is 4.68. The summed E-state index contributed by atoms with van der Waals surface area (Å²) in [5, 5.41) is 3.42. The molecule has 0 unspecified atom stereocenters. The van der Waals surface area contributed by atoms with E-state index in [4.69, 9.17) is 9.47 Å². The van der Waals surface area contributed by atoms with Crippen LogP contribution < -0.4 is 14.8 Å². The minimum atomic E-state index is 0.624. The molecule has 3 aromatic rings. The van der Waals surface area contributed by atoms with Crippen LogP contribution in [0.15, 0.2) is 29.8 Å². The number of ether oxygens (including phenoxy) is 2. The molecule has 2 aromatic heterocycles. The van der Waals surface area contributed by atoms with Crippen molar-refractivity contribution < 1.29 is 9.47 Å². The Morgan fingerprint density at radius 3 is 2.96 bits per heavy atom. The second-order valence-corrected chi connectivity index (χ2v) is 8.58. The fraction of sp³-hybridized carbons (Fsp3) is 0.350. The molecule has 6 heteroatoms. The van der Waals surface area contributed by atoms with Gasteiger partial charge in [-0.3, -0.25) is 0 Å². The number of aromatic nitrogens is 1. The van der Waals surface area contributed by atoms with Crippen molar-refractivity contribution in [2.75, 3.05) is 19.8 Å². The molecule has 0 fully saturated rings. The highest BCUT2D eigenvalue weighted by atomic mass is 32.1. The second kappa shape index (κ2) is 7.78. The summed E-state index contributed by atoms with van der Waals surface area (Å²) in [7, 11) is 0. The zero-order valence-electron chi connectivity index (χ0n) is 15.0.